The molecule has 19 heavy (non-hydrogen) atoms. The molecule has 0 aromatic heterocycles. The van der Waals surface area contributed by atoms with Crippen LogP contribution >= 0.6 is 0 Å². The van der Waals surface area contributed by atoms with Crippen LogP contribution in [0, 0.1) is 17.8 Å². The van der Waals surface area contributed by atoms with E-state index in [-0.39, 0.29) is 0 Å². The monoisotopic (exact) mass is 259 g/mol. The summed E-state index contributed by atoms with van der Waals surface area (Å²) in [5, 5.41) is 0. The van der Waals surface area contributed by atoms with Crippen LogP contribution in [-0.2, 0) is 0 Å². The minimum Gasteiger partial charge on any atom is -0.303 e. The molecule has 0 amide bonds. The molecule has 2 rings (SSSR count). The summed E-state index contributed by atoms with van der Waals surface area (Å²) < 4.78 is 0. The van der Waals surface area contributed by atoms with E-state index in [1.54, 1.807) is 5.56 Å². The molecule has 2 atom stereocenters. The molecule has 1 nitrogen and oxygen atoms in total. The Balaban J connectivity index is 1.86. The molecule has 1 aromatic carbocycles. The van der Waals surface area contributed by atoms with Gasteiger partial charge in [-0.05, 0) is 35.7 Å². The molecule has 0 unspecified atom stereocenters. The van der Waals surface area contributed by atoms with Crippen LogP contribution in [0.5, 0.6) is 0 Å². The van der Waals surface area contributed by atoms with E-state index in [1.165, 1.54) is 26.1 Å². The van der Waals surface area contributed by atoms with Gasteiger partial charge in [-0.3, -0.25) is 0 Å². The van der Waals surface area contributed by atoms with Crippen molar-refractivity contribution < 1.29 is 0 Å². The molecule has 106 valence electrons. The maximum Gasteiger partial charge on any atom is 0.00159 e. The van der Waals surface area contributed by atoms with Gasteiger partial charge in [0.05, 0.1) is 0 Å². The average Bonchev–Trinajstić information content (AvgIpc) is 3.07. The van der Waals surface area contributed by atoms with Crippen molar-refractivity contribution in [3.05, 3.63) is 35.9 Å². The molecular formula is C18H29N. The van der Waals surface area contributed by atoms with Gasteiger partial charge in [0, 0.05) is 19.6 Å². The Labute approximate surface area is 119 Å². The molecule has 1 aliphatic carbocycles. The number of rotatable bonds is 7. The molecule has 0 saturated heterocycles. The largest absolute Gasteiger partial charge is 0.303 e. The maximum atomic E-state index is 2.68. The van der Waals surface area contributed by atoms with Gasteiger partial charge in [0.15, 0.2) is 0 Å². The van der Waals surface area contributed by atoms with Crippen molar-refractivity contribution >= 4 is 0 Å². The maximum absolute atomic E-state index is 2.68. The molecule has 0 bridgehead atoms. The summed E-state index contributed by atoms with van der Waals surface area (Å²) in [7, 11) is 0. The Bertz CT molecular complexity index is 359. The smallest absolute Gasteiger partial charge is 0.00159 e. The zero-order valence-corrected chi connectivity index (χ0v) is 13.0. The summed E-state index contributed by atoms with van der Waals surface area (Å²) in [4.78, 5) is 2.68. The highest BCUT2D eigenvalue weighted by Gasteiger charge is 2.39. The van der Waals surface area contributed by atoms with E-state index >= 15 is 0 Å². The third-order valence-electron chi connectivity index (χ3n) is 3.89. The highest BCUT2D eigenvalue weighted by molar-refractivity contribution is 5.25. The fourth-order valence-electron chi connectivity index (χ4n) is 3.15. The first-order chi connectivity index (χ1) is 9.06. The summed E-state index contributed by atoms with van der Waals surface area (Å²) in [6, 6.07) is 11.0. The Hall–Kier alpha value is -0.820. The average molecular weight is 259 g/mol. The minimum absolute atomic E-state index is 0.771. The van der Waals surface area contributed by atoms with Crippen molar-refractivity contribution in [3.8, 4) is 0 Å². The van der Waals surface area contributed by atoms with Gasteiger partial charge in [-0.15, -0.1) is 0 Å². The second-order valence-electron chi connectivity index (χ2n) is 7.02. The molecule has 1 aromatic rings. The van der Waals surface area contributed by atoms with Gasteiger partial charge in [-0.1, -0.05) is 58.0 Å². The number of benzene rings is 1. The Kier molecular flexibility index (Phi) is 5.04. The molecule has 0 spiro atoms. The van der Waals surface area contributed by atoms with E-state index in [2.05, 4.69) is 62.9 Å². The van der Waals surface area contributed by atoms with Gasteiger partial charge >= 0.3 is 0 Å². The van der Waals surface area contributed by atoms with Crippen molar-refractivity contribution in [2.45, 2.75) is 40.0 Å². The van der Waals surface area contributed by atoms with Crippen LogP contribution < -0.4 is 0 Å². The van der Waals surface area contributed by atoms with Crippen LogP contribution in [0.3, 0.4) is 0 Å². The van der Waals surface area contributed by atoms with Gasteiger partial charge in [0.25, 0.3) is 0 Å². The van der Waals surface area contributed by atoms with Crippen LogP contribution in [0.2, 0.25) is 0 Å². The second kappa shape index (κ2) is 6.56. The first-order valence-electron chi connectivity index (χ1n) is 7.83. The standard InChI is InChI=1S/C18H29N/c1-14(2)11-19(12-15(3)4)13-17-10-18(17)16-8-6-5-7-9-16/h5-9,14-15,17-18H,10-13H2,1-4H3/t17-,18-/m0/s1. The lowest BCUT2D eigenvalue weighted by atomic mass is 10.1. The van der Waals surface area contributed by atoms with Crippen molar-refractivity contribution in [2.75, 3.05) is 19.6 Å². The lowest BCUT2D eigenvalue weighted by molar-refractivity contribution is 0.210. The normalized spacial score (nSPS) is 22.5. The molecule has 1 fully saturated rings. The zero-order valence-electron chi connectivity index (χ0n) is 13.0. The van der Waals surface area contributed by atoms with Crippen molar-refractivity contribution in [2.24, 2.45) is 17.8 Å². The predicted molar refractivity (Wildman–Crippen MR) is 83.4 cm³/mol. The number of hydrogen-bond acceptors (Lipinski definition) is 1. The molecule has 1 aliphatic rings. The lowest BCUT2D eigenvalue weighted by Gasteiger charge is -2.26. The van der Waals surface area contributed by atoms with E-state index < -0.39 is 0 Å². The van der Waals surface area contributed by atoms with E-state index in [1.807, 2.05) is 0 Å². The van der Waals surface area contributed by atoms with Gasteiger partial charge < -0.3 is 4.90 Å². The lowest BCUT2D eigenvalue weighted by Crippen LogP contribution is -2.33. The second-order valence-corrected chi connectivity index (χ2v) is 7.02. The number of nitrogens with zero attached hydrogens (tertiary/aromatic N) is 1. The molecular weight excluding hydrogens is 230 g/mol. The SMILES string of the molecule is CC(C)CN(CC(C)C)C[C@@H]1C[C@H]1c1ccccc1. The molecule has 0 aliphatic heterocycles. The molecule has 1 saturated carbocycles. The summed E-state index contributed by atoms with van der Waals surface area (Å²) in [5.74, 6) is 3.25. The number of hydrogen-bond donors (Lipinski definition) is 0. The molecule has 0 heterocycles. The third-order valence-corrected chi connectivity index (χ3v) is 3.89. The van der Waals surface area contributed by atoms with Gasteiger partial charge in [0.1, 0.15) is 0 Å². The fraction of sp³-hybridized carbons (Fsp3) is 0.667. The van der Waals surface area contributed by atoms with Crippen LogP contribution in [0.15, 0.2) is 30.3 Å². The van der Waals surface area contributed by atoms with E-state index in [0.717, 1.165) is 23.7 Å². The summed E-state index contributed by atoms with van der Waals surface area (Å²) in [6.45, 7) is 13.1. The van der Waals surface area contributed by atoms with Crippen LogP contribution in [-0.4, -0.2) is 24.5 Å². The van der Waals surface area contributed by atoms with Gasteiger partial charge in [-0.2, -0.15) is 0 Å². The van der Waals surface area contributed by atoms with E-state index in [4.69, 9.17) is 0 Å². The highest BCUT2D eigenvalue weighted by Crippen LogP contribution is 2.47. The summed E-state index contributed by atoms with van der Waals surface area (Å²) >= 11 is 0. The molecule has 0 radical (unpaired) electrons. The minimum atomic E-state index is 0.771. The van der Waals surface area contributed by atoms with Crippen molar-refractivity contribution in [1.29, 1.82) is 0 Å². The quantitative estimate of drug-likeness (QED) is 0.701. The molecule has 0 N–H and O–H groups in total. The van der Waals surface area contributed by atoms with Crippen molar-refractivity contribution in [3.63, 3.8) is 0 Å². The predicted octanol–water partition coefficient (Wildman–Crippen LogP) is 4.40. The summed E-state index contributed by atoms with van der Waals surface area (Å²) in [5.41, 5.74) is 1.54. The summed E-state index contributed by atoms with van der Waals surface area (Å²) in [6.07, 6.45) is 1.39. The highest BCUT2D eigenvalue weighted by atomic mass is 15.1. The van der Waals surface area contributed by atoms with E-state index in [0.29, 0.717) is 0 Å². The van der Waals surface area contributed by atoms with Gasteiger partial charge in [0.2, 0.25) is 0 Å². The first kappa shape index (κ1) is 14.6. The third kappa shape index (κ3) is 4.65. The first-order valence-corrected chi connectivity index (χ1v) is 7.83. The Morgan fingerprint density at radius 1 is 1.00 bits per heavy atom. The van der Waals surface area contributed by atoms with Crippen molar-refractivity contribution in [1.82, 2.24) is 4.90 Å². The van der Waals surface area contributed by atoms with Crippen LogP contribution in [0.25, 0.3) is 0 Å². The van der Waals surface area contributed by atoms with Gasteiger partial charge in [-0.25, -0.2) is 0 Å². The van der Waals surface area contributed by atoms with E-state index in [9.17, 15) is 0 Å². The molecule has 1 heteroatoms. The van der Waals surface area contributed by atoms with Crippen LogP contribution in [0.1, 0.15) is 45.6 Å². The van der Waals surface area contributed by atoms with Crippen LogP contribution in [0.4, 0.5) is 0 Å². The fourth-order valence-corrected chi connectivity index (χ4v) is 3.15. The Morgan fingerprint density at radius 2 is 1.58 bits per heavy atom. The Morgan fingerprint density at radius 3 is 2.11 bits per heavy atom. The zero-order chi connectivity index (χ0) is 13.8. The topological polar surface area (TPSA) is 3.24 Å².